The number of pyridine rings is 1. The minimum Gasteiger partial charge on any atom is -0.322 e. The molecule has 3 heteroatoms. The zero-order valence-corrected chi connectivity index (χ0v) is 8.72. The van der Waals surface area contributed by atoms with E-state index in [1.54, 1.807) is 6.20 Å². The maximum Gasteiger partial charge on any atom is 0.0803 e. The van der Waals surface area contributed by atoms with Crippen LogP contribution in [0.15, 0.2) is 42.6 Å². The summed E-state index contributed by atoms with van der Waals surface area (Å²) in [5.41, 5.74) is 13.6. The number of aromatic nitrogens is 1. The van der Waals surface area contributed by atoms with E-state index in [0.717, 1.165) is 11.3 Å². The molecule has 1 heterocycles. The van der Waals surface area contributed by atoms with E-state index in [1.807, 2.05) is 43.4 Å². The quantitative estimate of drug-likeness (QED) is 0.712. The Labute approximate surface area is 89.5 Å². The van der Waals surface area contributed by atoms with Crippen LogP contribution in [0, 0.1) is 6.92 Å². The normalized spacial score (nSPS) is 29.4. The Morgan fingerprint density at radius 1 is 1.33 bits per heavy atom. The van der Waals surface area contributed by atoms with Gasteiger partial charge in [-0.3, -0.25) is 4.98 Å². The number of nitrogens with two attached hydrogens (primary N) is 2. The van der Waals surface area contributed by atoms with Crippen molar-refractivity contribution in [2.24, 2.45) is 11.5 Å². The first-order chi connectivity index (χ1) is 7.13. The molecule has 2 unspecified atom stereocenters. The van der Waals surface area contributed by atoms with Crippen molar-refractivity contribution in [2.45, 2.75) is 18.5 Å². The lowest BCUT2D eigenvalue weighted by molar-refractivity contribution is 0.490. The Morgan fingerprint density at radius 3 is 2.73 bits per heavy atom. The standard InChI is InChI=1S/C12H15N3/c1-9-5-6-10(8-15-9)12(14)7-3-2-4-11(12)13/h2-8,11H,13-14H2,1H3. The molecule has 1 aliphatic carbocycles. The molecule has 0 spiro atoms. The van der Waals surface area contributed by atoms with Crippen LogP contribution in [0.4, 0.5) is 0 Å². The lowest BCUT2D eigenvalue weighted by Crippen LogP contribution is -2.51. The first kappa shape index (κ1) is 10.1. The predicted octanol–water partition coefficient (Wildman–Crippen LogP) is 0.997. The highest BCUT2D eigenvalue weighted by molar-refractivity contribution is 5.36. The van der Waals surface area contributed by atoms with Crippen LogP contribution >= 0.6 is 0 Å². The summed E-state index contributed by atoms with van der Waals surface area (Å²) in [6, 6.07) is 3.72. The zero-order valence-electron chi connectivity index (χ0n) is 8.72. The van der Waals surface area contributed by atoms with Crippen LogP contribution in [-0.2, 0) is 5.54 Å². The molecule has 78 valence electrons. The summed E-state index contributed by atoms with van der Waals surface area (Å²) in [4.78, 5) is 4.24. The highest BCUT2D eigenvalue weighted by Crippen LogP contribution is 2.25. The molecule has 1 aromatic heterocycles. The molecule has 0 fully saturated rings. The Morgan fingerprint density at radius 2 is 2.13 bits per heavy atom. The topological polar surface area (TPSA) is 64.9 Å². The van der Waals surface area contributed by atoms with Gasteiger partial charge in [-0.05, 0) is 18.6 Å². The Bertz CT molecular complexity index is 405. The summed E-state index contributed by atoms with van der Waals surface area (Å²) in [6.45, 7) is 1.95. The third-order valence-corrected chi connectivity index (χ3v) is 2.76. The van der Waals surface area contributed by atoms with E-state index in [0.29, 0.717) is 0 Å². The lowest BCUT2D eigenvalue weighted by Gasteiger charge is -2.32. The van der Waals surface area contributed by atoms with Gasteiger partial charge in [0.15, 0.2) is 0 Å². The van der Waals surface area contributed by atoms with Crippen molar-refractivity contribution in [3.63, 3.8) is 0 Å². The van der Waals surface area contributed by atoms with Crippen molar-refractivity contribution in [3.05, 3.63) is 53.9 Å². The van der Waals surface area contributed by atoms with Crippen molar-refractivity contribution in [1.82, 2.24) is 4.98 Å². The molecule has 0 aromatic carbocycles. The largest absolute Gasteiger partial charge is 0.322 e. The van der Waals surface area contributed by atoms with Crippen molar-refractivity contribution in [2.75, 3.05) is 0 Å². The van der Waals surface area contributed by atoms with Gasteiger partial charge >= 0.3 is 0 Å². The van der Waals surface area contributed by atoms with Gasteiger partial charge in [-0.2, -0.15) is 0 Å². The molecule has 0 aliphatic heterocycles. The summed E-state index contributed by atoms with van der Waals surface area (Å²) in [5.74, 6) is 0. The average molecular weight is 201 g/mol. The molecule has 1 aliphatic rings. The van der Waals surface area contributed by atoms with E-state index < -0.39 is 5.54 Å². The summed E-state index contributed by atoms with van der Waals surface area (Å²) in [7, 11) is 0. The minimum absolute atomic E-state index is 0.202. The van der Waals surface area contributed by atoms with E-state index in [-0.39, 0.29) is 6.04 Å². The van der Waals surface area contributed by atoms with E-state index in [2.05, 4.69) is 4.98 Å². The van der Waals surface area contributed by atoms with Crippen molar-refractivity contribution >= 4 is 0 Å². The van der Waals surface area contributed by atoms with Gasteiger partial charge in [0.25, 0.3) is 0 Å². The SMILES string of the molecule is Cc1ccc(C2(N)C=CC=CC2N)cn1. The van der Waals surface area contributed by atoms with Gasteiger partial charge in [-0.15, -0.1) is 0 Å². The molecule has 0 amide bonds. The molecular weight excluding hydrogens is 186 g/mol. The Balaban J connectivity index is 2.41. The number of nitrogens with zero attached hydrogens (tertiary/aromatic N) is 1. The molecule has 3 nitrogen and oxygen atoms in total. The predicted molar refractivity (Wildman–Crippen MR) is 61.1 cm³/mol. The molecule has 0 radical (unpaired) electrons. The number of rotatable bonds is 1. The van der Waals surface area contributed by atoms with Crippen LogP contribution in [0.2, 0.25) is 0 Å². The fourth-order valence-corrected chi connectivity index (χ4v) is 1.68. The molecule has 15 heavy (non-hydrogen) atoms. The van der Waals surface area contributed by atoms with Crippen LogP contribution in [0.5, 0.6) is 0 Å². The number of hydrogen-bond donors (Lipinski definition) is 2. The van der Waals surface area contributed by atoms with Crippen molar-refractivity contribution in [3.8, 4) is 0 Å². The summed E-state index contributed by atoms with van der Waals surface area (Å²) in [5, 5.41) is 0. The molecule has 0 saturated carbocycles. The fraction of sp³-hybridized carbons (Fsp3) is 0.250. The van der Waals surface area contributed by atoms with E-state index in [1.165, 1.54) is 0 Å². The second-order valence-electron chi connectivity index (χ2n) is 3.89. The second kappa shape index (κ2) is 3.61. The second-order valence-corrected chi connectivity index (χ2v) is 3.89. The van der Waals surface area contributed by atoms with Gasteiger partial charge in [-0.1, -0.05) is 30.4 Å². The third kappa shape index (κ3) is 1.71. The molecule has 2 atom stereocenters. The average Bonchev–Trinajstić information content (AvgIpc) is 2.23. The van der Waals surface area contributed by atoms with Crippen molar-refractivity contribution in [1.29, 1.82) is 0 Å². The van der Waals surface area contributed by atoms with Crippen LogP contribution in [0.3, 0.4) is 0 Å². The van der Waals surface area contributed by atoms with E-state index in [9.17, 15) is 0 Å². The maximum atomic E-state index is 6.27. The monoisotopic (exact) mass is 201 g/mol. The van der Waals surface area contributed by atoms with Gasteiger partial charge in [0, 0.05) is 17.9 Å². The molecule has 0 bridgehead atoms. The van der Waals surface area contributed by atoms with Crippen LogP contribution in [-0.4, -0.2) is 11.0 Å². The number of aryl methyl sites for hydroxylation is 1. The molecular formula is C12H15N3. The Kier molecular flexibility index (Phi) is 2.42. The summed E-state index contributed by atoms with van der Waals surface area (Å²) in [6.07, 6.45) is 9.45. The first-order valence-corrected chi connectivity index (χ1v) is 4.96. The highest BCUT2D eigenvalue weighted by Gasteiger charge is 2.31. The molecule has 1 aromatic rings. The smallest absolute Gasteiger partial charge is 0.0803 e. The van der Waals surface area contributed by atoms with Crippen LogP contribution < -0.4 is 11.5 Å². The zero-order chi connectivity index (χ0) is 10.9. The maximum absolute atomic E-state index is 6.27. The summed E-state index contributed by atoms with van der Waals surface area (Å²) >= 11 is 0. The van der Waals surface area contributed by atoms with Gasteiger partial charge in [0.1, 0.15) is 0 Å². The summed E-state index contributed by atoms with van der Waals surface area (Å²) < 4.78 is 0. The van der Waals surface area contributed by atoms with Crippen molar-refractivity contribution < 1.29 is 0 Å². The van der Waals surface area contributed by atoms with Gasteiger partial charge in [0.2, 0.25) is 0 Å². The molecule has 4 N–H and O–H groups in total. The molecule has 2 rings (SSSR count). The van der Waals surface area contributed by atoms with Gasteiger partial charge < -0.3 is 11.5 Å². The highest BCUT2D eigenvalue weighted by atomic mass is 14.9. The van der Waals surface area contributed by atoms with Crippen LogP contribution in [0.1, 0.15) is 11.3 Å². The van der Waals surface area contributed by atoms with E-state index in [4.69, 9.17) is 11.5 Å². The van der Waals surface area contributed by atoms with Crippen LogP contribution in [0.25, 0.3) is 0 Å². The number of allylic oxidation sites excluding steroid dienone is 2. The minimum atomic E-state index is -0.630. The third-order valence-electron chi connectivity index (χ3n) is 2.76. The fourth-order valence-electron chi connectivity index (χ4n) is 1.68. The first-order valence-electron chi connectivity index (χ1n) is 4.96. The number of hydrogen-bond acceptors (Lipinski definition) is 3. The molecule has 0 saturated heterocycles. The lowest BCUT2D eigenvalue weighted by atomic mass is 9.82. The van der Waals surface area contributed by atoms with Gasteiger partial charge in [0.05, 0.1) is 5.54 Å². The van der Waals surface area contributed by atoms with E-state index >= 15 is 0 Å². The Hall–Kier alpha value is -1.45. The van der Waals surface area contributed by atoms with Gasteiger partial charge in [-0.25, -0.2) is 0 Å².